The molecule has 0 saturated carbocycles. The largest absolute Gasteiger partial charge is 0.478 e. The molecule has 8 nitrogen and oxygen atoms in total. The van der Waals surface area contributed by atoms with Crippen molar-refractivity contribution in [3.63, 3.8) is 0 Å². The minimum absolute atomic E-state index is 0.0241. The molecule has 1 aromatic carbocycles. The Kier molecular flexibility index (Phi) is 5.60. The molecule has 3 unspecified atom stereocenters. The maximum absolute atomic E-state index is 13.9. The molecule has 2 bridgehead atoms. The van der Waals surface area contributed by atoms with Crippen molar-refractivity contribution in [2.24, 2.45) is 11.3 Å². The number of halogens is 4. The highest BCUT2D eigenvalue weighted by Crippen LogP contribution is 2.68. The van der Waals surface area contributed by atoms with Crippen molar-refractivity contribution < 1.29 is 37.3 Å². The van der Waals surface area contributed by atoms with E-state index in [1.54, 1.807) is 19.1 Å². The van der Waals surface area contributed by atoms with Crippen LogP contribution in [0.4, 0.5) is 18.9 Å². The highest BCUT2D eigenvalue weighted by Gasteiger charge is 2.82. The molecular weight excluding hydrogens is 515 g/mol. The van der Waals surface area contributed by atoms with Crippen LogP contribution in [0.5, 0.6) is 5.88 Å². The lowest BCUT2D eigenvalue weighted by Crippen LogP contribution is -2.56. The second-order valence-corrected chi connectivity index (χ2v) is 10.3. The van der Waals surface area contributed by atoms with E-state index in [4.69, 9.17) is 26.3 Å². The summed E-state index contributed by atoms with van der Waals surface area (Å²) in [4.78, 5) is 32.3. The third-order valence-corrected chi connectivity index (χ3v) is 8.18. The molecule has 5 atom stereocenters. The van der Waals surface area contributed by atoms with Gasteiger partial charge in [0.25, 0.3) is 0 Å². The molecule has 2 amide bonds. The molecule has 1 N–H and O–H groups in total. The number of nitrogens with zero attached hydrogens (tertiary/aromatic N) is 3. The number of nitriles is 1. The van der Waals surface area contributed by atoms with Crippen LogP contribution in [-0.4, -0.2) is 45.8 Å². The van der Waals surface area contributed by atoms with Gasteiger partial charge in [0, 0.05) is 25.1 Å². The van der Waals surface area contributed by atoms with Crippen molar-refractivity contribution in [2.45, 2.75) is 50.2 Å². The fourth-order valence-corrected chi connectivity index (χ4v) is 6.26. The smallest absolute Gasteiger partial charge is 0.417 e. The number of aromatic nitrogens is 1. The number of rotatable bonds is 5. The van der Waals surface area contributed by atoms with Gasteiger partial charge in [-0.15, -0.1) is 0 Å². The number of amides is 2. The van der Waals surface area contributed by atoms with Gasteiger partial charge in [-0.3, -0.25) is 9.59 Å². The normalized spacial score (nSPS) is 32.5. The van der Waals surface area contributed by atoms with Crippen molar-refractivity contribution in [3.8, 4) is 11.9 Å². The molecule has 3 saturated heterocycles. The van der Waals surface area contributed by atoms with E-state index >= 15 is 0 Å². The van der Waals surface area contributed by atoms with Gasteiger partial charge in [-0.2, -0.15) is 18.4 Å². The summed E-state index contributed by atoms with van der Waals surface area (Å²) < 4.78 is 52.7. The van der Waals surface area contributed by atoms with E-state index < -0.39 is 57.8 Å². The van der Waals surface area contributed by atoms with E-state index in [1.807, 2.05) is 0 Å². The summed E-state index contributed by atoms with van der Waals surface area (Å²) in [5, 5.41) is 20.4. The van der Waals surface area contributed by atoms with E-state index in [0.29, 0.717) is 11.1 Å². The molecule has 1 aromatic heterocycles. The summed E-state index contributed by atoms with van der Waals surface area (Å²) in [6, 6.07) is 7.32. The van der Waals surface area contributed by atoms with Crippen LogP contribution in [0, 0.1) is 22.7 Å². The summed E-state index contributed by atoms with van der Waals surface area (Å²) in [5.41, 5.74) is -6.42. The highest BCUT2D eigenvalue weighted by molar-refractivity contribution is 6.30. The second kappa shape index (κ2) is 8.15. The first-order valence-corrected chi connectivity index (χ1v) is 11.8. The third-order valence-electron chi connectivity index (χ3n) is 7.96. The monoisotopic (exact) mass is 535 g/mol. The van der Waals surface area contributed by atoms with Crippen molar-refractivity contribution in [1.29, 1.82) is 5.26 Å². The fourth-order valence-electron chi connectivity index (χ4n) is 6.15. The molecule has 3 aliphatic heterocycles. The molecule has 2 aromatic rings. The number of fused-ring (bicyclic) bond motifs is 5. The lowest BCUT2D eigenvalue weighted by Gasteiger charge is -2.41. The molecule has 5 rings (SSSR count). The molecule has 0 radical (unpaired) electrons. The van der Waals surface area contributed by atoms with Gasteiger partial charge in [0.15, 0.2) is 0 Å². The summed E-state index contributed by atoms with van der Waals surface area (Å²) >= 11 is 5.84. The van der Waals surface area contributed by atoms with Gasteiger partial charge in [-0.1, -0.05) is 11.6 Å². The molecule has 0 aliphatic carbocycles. The van der Waals surface area contributed by atoms with Gasteiger partial charge < -0.3 is 14.6 Å². The Bertz CT molecular complexity index is 1350. The standard InChI is InChI=1S/C25H21ClF3N3O5/c1-22-19(20(34)32(21(22)35)15-5-3-13(11-30)16(9-15)25(27,28)29)23(2)17(33)10-24(22,37-23)7-8-36-18-6-4-14(26)12-31-18/h3-6,9,12,17,19,33H,7-8,10H2,1-2H3/t17-,19?,22+,23?,24?/m0/s1. The van der Waals surface area contributed by atoms with Crippen LogP contribution in [0.25, 0.3) is 0 Å². The van der Waals surface area contributed by atoms with Crippen LogP contribution < -0.4 is 9.64 Å². The summed E-state index contributed by atoms with van der Waals surface area (Å²) in [6.45, 7) is 3.10. The van der Waals surface area contributed by atoms with Gasteiger partial charge in [-0.25, -0.2) is 9.88 Å². The molecule has 37 heavy (non-hydrogen) atoms. The topological polar surface area (TPSA) is 113 Å². The van der Waals surface area contributed by atoms with Crippen molar-refractivity contribution in [3.05, 3.63) is 52.7 Å². The number of ether oxygens (including phenoxy) is 2. The van der Waals surface area contributed by atoms with Crippen molar-refractivity contribution in [1.82, 2.24) is 4.98 Å². The Morgan fingerprint density at radius 3 is 2.65 bits per heavy atom. The number of anilines is 1. The minimum Gasteiger partial charge on any atom is -0.478 e. The number of hydrogen-bond acceptors (Lipinski definition) is 7. The molecule has 4 heterocycles. The van der Waals surface area contributed by atoms with E-state index in [2.05, 4.69) is 4.98 Å². The van der Waals surface area contributed by atoms with E-state index in [1.165, 1.54) is 19.2 Å². The van der Waals surface area contributed by atoms with Gasteiger partial charge in [0.1, 0.15) is 5.60 Å². The SMILES string of the molecule is CC12OC(CCOc3ccc(Cl)cn3)(C[C@@H]1O)[C@@]1(C)C(=O)N(c3ccc(C#N)c(C(F)(F)F)c3)C(=O)C21. The van der Waals surface area contributed by atoms with Crippen LogP contribution in [0.2, 0.25) is 5.02 Å². The number of hydrogen-bond donors (Lipinski definition) is 1. The average molecular weight is 536 g/mol. The maximum atomic E-state index is 13.9. The molecular formula is C25H21ClF3N3O5. The van der Waals surface area contributed by atoms with Gasteiger partial charge in [-0.05, 0) is 38.1 Å². The van der Waals surface area contributed by atoms with Crippen molar-refractivity contribution >= 4 is 29.1 Å². The number of carbonyl (C=O) groups excluding carboxylic acids is 2. The number of imide groups is 1. The molecule has 12 heteroatoms. The Morgan fingerprint density at radius 2 is 2.03 bits per heavy atom. The third kappa shape index (κ3) is 3.46. The maximum Gasteiger partial charge on any atom is 0.417 e. The van der Waals surface area contributed by atoms with Crippen LogP contribution >= 0.6 is 11.6 Å². The number of aliphatic hydroxyl groups excluding tert-OH is 1. The summed E-state index contributed by atoms with van der Waals surface area (Å²) in [6.07, 6.45) is -4.43. The number of aliphatic hydroxyl groups is 1. The van der Waals surface area contributed by atoms with Crippen LogP contribution in [0.1, 0.15) is 37.8 Å². The zero-order chi connectivity index (χ0) is 27.0. The van der Waals surface area contributed by atoms with Gasteiger partial charge in [0.05, 0.1) is 57.6 Å². The van der Waals surface area contributed by atoms with Crippen LogP contribution in [-0.2, 0) is 20.5 Å². The van der Waals surface area contributed by atoms with Crippen LogP contribution in [0.15, 0.2) is 36.5 Å². The number of pyridine rings is 1. The highest BCUT2D eigenvalue weighted by atomic mass is 35.5. The van der Waals surface area contributed by atoms with Gasteiger partial charge >= 0.3 is 6.18 Å². The fraction of sp³-hybridized carbons (Fsp3) is 0.440. The van der Waals surface area contributed by atoms with E-state index in [0.717, 1.165) is 17.0 Å². The predicted molar refractivity (Wildman–Crippen MR) is 122 cm³/mol. The number of alkyl halides is 3. The lowest BCUT2D eigenvalue weighted by atomic mass is 9.57. The number of benzene rings is 1. The zero-order valence-corrected chi connectivity index (χ0v) is 20.4. The van der Waals surface area contributed by atoms with Crippen LogP contribution in [0.3, 0.4) is 0 Å². The Labute approximate surface area is 214 Å². The summed E-state index contributed by atoms with van der Waals surface area (Å²) in [5.74, 6) is -2.38. The average Bonchev–Trinajstić information content (AvgIpc) is 3.31. The first-order valence-electron chi connectivity index (χ1n) is 11.4. The second-order valence-electron chi connectivity index (χ2n) is 9.87. The Morgan fingerprint density at radius 1 is 1.30 bits per heavy atom. The molecule has 3 aliphatic rings. The Hall–Kier alpha value is -3.20. The lowest BCUT2D eigenvalue weighted by molar-refractivity contribution is -0.140. The molecule has 3 fully saturated rings. The van der Waals surface area contributed by atoms with E-state index in [9.17, 15) is 27.9 Å². The predicted octanol–water partition coefficient (Wildman–Crippen LogP) is 3.88. The molecule has 0 spiro atoms. The van der Waals surface area contributed by atoms with Crippen molar-refractivity contribution in [2.75, 3.05) is 11.5 Å². The first kappa shape index (κ1) is 25.4. The summed E-state index contributed by atoms with van der Waals surface area (Å²) in [7, 11) is 0. The minimum atomic E-state index is -4.87. The first-order chi connectivity index (χ1) is 17.3. The molecule has 194 valence electrons. The van der Waals surface area contributed by atoms with E-state index in [-0.39, 0.29) is 31.0 Å². The van der Waals surface area contributed by atoms with Gasteiger partial charge in [0.2, 0.25) is 17.7 Å². The quantitative estimate of drug-likeness (QED) is 0.578. The number of carbonyl (C=O) groups is 2. The zero-order valence-electron chi connectivity index (χ0n) is 19.7. The Balaban J connectivity index is 1.51.